The lowest BCUT2D eigenvalue weighted by Gasteiger charge is -2.40. The van der Waals surface area contributed by atoms with E-state index in [9.17, 15) is 4.79 Å². The van der Waals surface area contributed by atoms with Crippen molar-refractivity contribution in [3.63, 3.8) is 0 Å². The van der Waals surface area contributed by atoms with Gasteiger partial charge in [0.1, 0.15) is 0 Å². The first-order valence-corrected chi connectivity index (χ1v) is 6.73. The molecule has 0 heterocycles. The van der Waals surface area contributed by atoms with E-state index in [-0.39, 0.29) is 23.7 Å². The fourth-order valence-electron chi connectivity index (χ4n) is 2.42. The van der Waals surface area contributed by atoms with Crippen molar-refractivity contribution in [1.82, 2.24) is 10.6 Å². The molecule has 4 nitrogen and oxygen atoms in total. The van der Waals surface area contributed by atoms with Gasteiger partial charge in [0, 0.05) is 32.2 Å². The number of amides is 1. The molecule has 0 aromatic heterocycles. The highest BCUT2D eigenvalue weighted by Gasteiger charge is 2.42. The molecule has 0 atom stereocenters. The van der Waals surface area contributed by atoms with Crippen molar-refractivity contribution in [3.8, 4) is 0 Å². The average Bonchev–Trinajstić information content (AvgIpc) is 2.28. The first-order valence-electron chi connectivity index (χ1n) is 6.73. The van der Waals surface area contributed by atoms with Crippen molar-refractivity contribution in [2.45, 2.75) is 39.0 Å². The SMILES string of the molecule is CCCC1(C(=O)NCCNCCOC)CCC1.Cl. The maximum atomic E-state index is 12.1. The normalized spacial score (nSPS) is 16.6. The summed E-state index contributed by atoms with van der Waals surface area (Å²) < 4.78 is 4.93. The number of nitrogens with one attached hydrogen (secondary N) is 2. The molecule has 0 spiro atoms. The maximum absolute atomic E-state index is 12.1. The van der Waals surface area contributed by atoms with Gasteiger partial charge in [-0.05, 0) is 19.3 Å². The van der Waals surface area contributed by atoms with Gasteiger partial charge in [-0.25, -0.2) is 0 Å². The van der Waals surface area contributed by atoms with Crippen molar-refractivity contribution in [3.05, 3.63) is 0 Å². The summed E-state index contributed by atoms with van der Waals surface area (Å²) in [7, 11) is 1.69. The molecule has 1 amide bonds. The van der Waals surface area contributed by atoms with E-state index < -0.39 is 0 Å². The number of methoxy groups -OCH3 is 1. The Hall–Kier alpha value is -0.320. The lowest BCUT2D eigenvalue weighted by Crippen LogP contribution is -2.47. The summed E-state index contributed by atoms with van der Waals surface area (Å²) in [6.07, 6.45) is 5.49. The van der Waals surface area contributed by atoms with Gasteiger partial charge >= 0.3 is 0 Å². The van der Waals surface area contributed by atoms with Gasteiger partial charge < -0.3 is 15.4 Å². The molecule has 18 heavy (non-hydrogen) atoms. The van der Waals surface area contributed by atoms with Gasteiger partial charge in [-0.3, -0.25) is 4.79 Å². The van der Waals surface area contributed by atoms with Gasteiger partial charge in [0.05, 0.1) is 6.61 Å². The zero-order chi connectivity index (χ0) is 12.6. The van der Waals surface area contributed by atoms with Crippen LogP contribution < -0.4 is 10.6 Å². The van der Waals surface area contributed by atoms with Gasteiger partial charge in [0.2, 0.25) is 5.91 Å². The van der Waals surface area contributed by atoms with Crippen LogP contribution in [0.4, 0.5) is 0 Å². The molecule has 5 heteroatoms. The Morgan fingerprint density at radius 3 is 2.50 bits per heavy atom. The molecule has 2 N–H and O–H groups in total. The van der Waals surface area contributed by atoms with Crippen LogP contribution in [0.1, 0.15) is 39.0 Å². The Bertz CT molecular complexity index is 233. The third-order valence-electron chi connectivity index (χ3n) is 3.59. The van der Waals surface area contributed by atoms with E-state index in [1.807, 2.05) is 0 Å². The lowest BCUT2D eigenvalue weighted by molar-refractivity contribution is -0.136. The van der Waals surface area contributed by atoms with Crippen molar-refractivity contribution in [2.75, 3.05) is 33.4 Å². The lowest BCUT2D eigenvalue weighted by atomic mass is 9.65. The molecule has 1 fully saturated rings. The summed E-state index contributed by atoms with van der Waals surface area (Å²) in [4.78, 5) is 12.1. The maximum Gasteiger partial charge on any atom is 0.226 e. The Morgan fingerprint density at radius 2 is 2.00 bits per heavy atom. The van der Waals surface area contributed by atoms with Crippen LogP contribution >= 0.6 is 12.4 Å². The van der Waals surface area contributed by atoms with Gasteiger partial charge in [-0.15, -0.1) is 12.4 Å². The number of carbonyl (C=O) groups excluding carboxylic acids is 1. The summed E-state index contributed by atoms with van der Waals surface area (Å²) in [6.45, 7) is 5.24. The minimum atomic E-state index is -0.0265. The van der Waals surface area contributed by atoms with Crippen LogP contribution in [-0.2, 0) is 9.53 Å². The molecule has 0 saturated heterocycles. The molecule has 0 radical (unpaired) electrons. The van der Waals surface area contributed by atoms with E-state index in [0.29, 0.717) is 13.2 Å². The van der Waals surface area contributed by atoms with Crippen LogP contribution in [-0.4, -0.2) is 39.3 Å². The largest absolute Gasteiger partial charge is 0.383 e. The third-order valence-corrected chi connectivity index (χ3v) is 3.59. The molecule has 0 unspecified atom stereocenters. The highest BCUT2D eigenvalue weighted by Crippen LogP contribution is 2.44. The molecule has 0 aromatic carbocycles. The third kappa shape index (κ3) is 5.12. The summed E-state index contributed by atoms with van der Waals surface area (Å²) in [6, 6.07) is 0. The molecule has 1 saturated carbocycles. The fraction of sp³-hybridized carbons (Fsp3) is 0.923. The van der Waals surface area contributed by atoms with Gasteiger partial charge in [0.15, 0.2) is 0 Å². The molecule has 1 aliphatic rings. The van der Waals surface area contributed by atoms with Gasteiger partial charge in [0.25, 0.3) is 0 Å². The number of ether oxygens (including phenoxy) is 1. The van der Waals surface area contributed by atoms with Crippen LogP contribution in [0.25, 0.3) is 0 Å². The standard InChI is InChI=1S/C13H26N2O2.ClH/c1-3-5-13(6-4-7-13)12(16)15-9-8-14-10-11-17-2;/h14H,3-11H2,1-2H3,(H,15,16);1H. The quantitative estimate of drug-likeness (QED) is 0.632. The number of hydrogen-bond acceptors (Lipinski definition) is 3. The second-order valence-electron chi connectivity index (χ2n) is 4.88. The van der Waals surface area contributed by atoms with E-state index >= 15 is 0 Å². The Balaban J connectivity index is 0.00000289. The Morgan fingerprint density at radius 1 is 1.28 bits per heavy atom. The van der Waals surface area contributed by atoms with E-state index in [0.717, 1.165) is 38.8 Å². The van der Waals surface area contributed by atoms with E-state index in [1.165, 1.54) is 6.42 Å². The van der Waals surface area contributed by atoms with Crippen LogP contribution in [0.15, 0.2) is 0 Å². The summed E-state index contributed by atoms with van der Waals surface area (Å²) in [5, 5.41) is 6.27. The number of rotatable bonds is 9. The minimum absolute atomic E-state index is 0. The predicted molar refractivity (Wildman–Crippen MR) is 76.2 cm³/mol. The number of carbonyl (C=O) groups is 1. The second kappa shape index (κ2) is 9.59. The van der Waals surface area contributed by atoms with Crippen molar-refractivity contribution in [1.29, 1.82) is 0 Å². The minimum Gasteiger partial charge on any atom is -0.383 e. The van der Waals surface area contributed by atoms with Crippen molar-refractivity contribution >= 4 is 18.3 Å². The predicted octanol–water partition coefficient (Wildman–Crippen LogP) is 1.73. The highest BCUT2D eigenvalue weighted by atomic mass is 35.5. The molecule has 1 aliphatic carbocycles. The van der Waals surface area contributed by atoms with Crippen molar-refractivity contribution < 1.29 is 9.53 Å². The summed E-state index contributed by atoms with van der Waals surface area (Å²) in [5.74, 6) is 0.263. The molecule has 0 bridgehead atoms. The van der Waals surface area contributed by atoms with Crippen LogP contribution in [0, 0.1) is 5.41 Å². The topological polar surface area (TPSA) is 50.4 Å². The van der Waals surface area contributed by atoms with Crippen molar-refractivity contribution in [2.24, 2.45) is 5.41 Å². The zero-order valence-electron chi connectivity index (χ0n) is 11.6. The van der Waals surface area contributed by atoms with E-state index in [1.54, 1.807) is 7.11 Å². The van der Waals surface area contributed by atoms with Gasteiger partial charge in [-0.1, -0.05) is 19.8 Å². The second-order valence-corrected chi connectivity index (χ2v) is 4.88. The molecular weight excluding hydrogens is 252 g/mol. The average molecular weight is 279 g/mol. The molecule has 0 aliphatic heterocycles. The fourth-order valence-corrected chi connectivity index (χ4v) is 2.42. The summed E-state index contributed by atoms with van der Waals surface area (Å²) in [5.41, 5.74) is -0.0265. The van der Waals surface area contributed by atoms with Crippen LogP contribution in [0.2, 0.25) is 0 Å². The van der Waals surface area contributed by atoms with E-state index in [4.69, 9.17) is 4.74 Å². The first kappa shape index (κ1) is 17.7. The Kier molecular flexibility index (Phi) is 9.42. The molecule has 0 aromatic rings. The number of hydrogen-bond donors (Lipinski definition) is 2. The zero-order valence-corrected chi connectivity index (χ0v) is 12.4. The smallest absolute Gasteiger partial charge is 0.226 e. The highest BCUT2D eigenvalue weighted by molar-refractivity contribution is 5.85. The van der Waals surface area contributed by atoms with Gasteiger partial charge in [-0.2, -0.15) is 0 Å². The first-order chi connectivity index (χ1) is 8.25. The molecule has 108 valence electrons. The van der Waals surface area contributed by atoms with Crippen LogP contribution in [0.3, 0.4) is 0 Å². The molecule has 1 rings (SSSR count). The van der Waals surface area contributed by atoms with E-state index in [2.05, 4.69) is 17.6 Å². The summed E-state index contributed by atoms with van der Waals surface area (Å²) >= 11 is 0. The molecular formula is C13H27ClN2O2. The van der Waals surface area contributed by atoms with Crippen LogP contribution in [0.5, 0.6) is 0 Å². The monoisotopic (exact) mass is 278 g/mol. The Labute approximate surface area is 117 Å². The number of halogens is 1.